The maximum atomic E-state index is 14.9. The maximum absolute atomic E-state index is 14.9. The zero-order valence-corrected chi connectivity index (χ0v) is 16.7. The summed E-state index contributed by atoms with van der Waals surface area (Å²) in [5.41, 5.74) is 0.781. The molecule has 2 aliphatic carbocycles. The van der Waals surface area contributed by atoms with Crippen molar-refractivity contribution in [2.45, 2.75) is 70.6 Å². The molecule has 3 rings (SSSR count). The van der Waals surface area contributed by atoms with Gasteiger partial charge in [-0.1, -0.05) is 37.1 Å². The van der Waals surface area contributed by atoms with Gasteiger partial charge in [0, 0.05) is 0 Å². The summed E-state index contributed by atoms with van der Waals surface area (Å²) in [6.07, 6.45) is 12.5. The average molecular weight is 379 g/mol. The van der Waals surface area contributed by atoms with Crippen LogP contribution in [0.25, 0.3) is 0 Å². The first kappa shape index (κ1) is 19.7. The molecule has 0 unspecified atom stereocenters. The lowest BCUT2D eigenvalue weighted by Crippen LogP contribution is -2.19. The van der Waals surface area contributed by atoms with Crippen LogP contribution in [0.15, 0.2) is 24.8 Å². The maximum Gasteiger partial charge on any atom is 0.149 e. The van der Waals surface area contributed by atoms with E-state index >= 15 is 0 Å². The molecule has 1 nitrogen and oxygen atoms in total. The van der Waals surface area contributed by atoms with Gasteiger partial charge >= 0.3 is 0 Å². The average Bonchev–Trinajstić information content (AvgIpc) is 2.69. The van der Waals surface area contributed by atoms with Gasteiger partial charge in [0.25, 0.3) is 0 Å². The number of halogens is 2. The standard InChI is InChI=1S/C23H32ClFO/c1-3-16-5-7-18(8-6-16)15-26-21-14-13-20(23(25)22(21)24)19-11-9-17(4-2)10-12-19/h3,13-14,16-19H,1,4-12,15H2,2H3. The number of allylic oxidation sites excluding steroid dienone is 1. The van der Waals surface area contributed by atoms with Gasteiger partial charge in [0.15, 0.2) is 0 Å². The van der Waals surface area contributed by atoms with Crippen molar-refractivity contribution in [3.05, 3.63) is 41.2 Å². The zero-order valence-electron chi connectivity index (χ0n) is 16.0. The lowest BCUT2D eigenvalue weighted by molar-refractivity contribution is 0.194. The van der Waals surface area contributed by atoms with Crippen LogP contribution in [0.5, 0.6) is 5.75 Å². The molecule has 2 fully saturated rings. The van der Waals surface area contributed by atoms with Gasteiger partial charge in [0.2, 0.25) is 0 Å². The molecule has 0 atom stereocenters. The van der Waals surface area contributed by atoms with Crippen LogP contribution in [0.3, 0.4) is 0 Å². The molecule has 1 aromatic rings. The molecule has 0 heterocycles. The summed E-state index contributed by atoms with van der Waals surface area (Å²) in [5, 5.41) is 0.167. The highest BCUT2D eigenvalue weighted by Crippen LogP contribution is 2.41. The van der Waals surface area contributed by atoms with Crippen molar-refractivity contribution in [2.75, 3.05) is 6.61 Å². The fourth-order valence-electron chi connectivity index (χ4n) is 4.65. The van der Waals surface area contributed by atoms with Gasteiger partial charge in [-0.05, 0) is 86.7 Å². The second-order valence-corrected chi connectivity index (χ2v) is 8.61. The molecule has 0 aliphatic heterocycles. The van der Waals surface area contributed by atoms with E-state index in [0.717, 1.165) is 37.2 Å². The van der Waals surface area contributed by atoms with Crippen LogP contribution in [0.1, 0.15) is 76.2 Å². The van der Waals surface area contributed by atoms with Crippen molar-refractivity contribution in [3.63, 3.8) is 0 Å². The quantitative estimate of drug-likeness (QED) is 0.464. The Balaban J connectivity index is 1.58. The molecule has 0 radical (unpaired) electrons. The molecule has 3 heteroatoms. The zero-order chi connectivity index (χ0) is 18.5. The molecule has 2 aliphatic rings. The normalized spacial score (nSPS) is 29.3. The summed E-state index contributed by atoms with van der Waals surface area (Å²) in [4.78, 5) is 0. The molecular weight excluding hydrogens is 347 g/mol. The summed E-state index contributed by atoms with van der Waals surface area (Å²) in [7, 11) is 0. The Labute approximate surface area is 163 Å². The molecule has 0 saturated heterocycles. The second kappa shape index (κ2) is 9.26. The third-order valence-electron chi connectivity index (χ3n) is 6.64. The number of hydrogen-bond acceptors (Lipinski definition) is 1. The molecule has 0 spiro atoms. The van der Waals surface area contributed by atoms with Crippen LogP contribution in [-0.2, 0) is 0 Å². The summed E-state index contributed by atoms with van der Waals surface area (Å²) >= 11 is 6.32. The van der Waals surface area contributed by atoms with Crippen LogP contribution in [0.4, 0.5) is 4.39 Å². The van der Waals surface area contributed by atoms with Gasteiger partial charge < -0.3 is 4.74 Å². The van der Waals surface area contributed by atoms with E-state index in [0.29, 0.717) is 30.1 Å². The summed E-state index contributed by atoms with van der Waals surface area (Å²) in [5.74, 6) is 2.53. The van der Waals surface area contributed by atoms with Gasteiger partial charge in [-0.25, -0.2) is 4.39 Å². The largest absolute Gasteiger partial charge is 0.492 e. The fraction of sp³-hybridized carbons (Fsp3) is 0.652. The Morgan fingerprint density at radius 2 is 1.73 bits per heavy atom. The van der Waals surface area contributed by atoms with Crippen molar-refractivity contribution < 1.29 is 9.13 Å². The highest BCUT2D eigenvalue weighted by atomic mass is 35.5. The van der Waals surface area contributed by atoms with Gasteiger partial charge in [-0.2, -0.15) is 0 Å². The Hall–Kier alpha value is -1.02. The molecule has 0 N–H and O–H groups in total. The van der Waals surface area contributed by atoms with Gasteiger partial charge in [0.1, 0.15) is 16.6 Å². The third kappa shape index (κ3) is 4.63. The van der Waals surface area contributed by atoms with Crippen molar-refractivity contribution in [1.82, 2.24) is 0 Å². The highest BCUT2D eigenvalue weighted by molar-refractivity contribution is 6.32. The molecule has 0 aromatic heterocycles. The van der Waals surface area contributed by atoms with Crippen molar-refractivity contribution in [1.29, 1.82) is 0 Å². The van der Waals surface area contributed by atoms with E-state index in [1.807, 2.05) is 12.1 Å². The molecule has 144 valence electrons. The van der Waals surface area contributed by atoms with E-state index in [2.05, 4.69) is 19.6 Å². The summed E-state index contributed by atoms with van der Waals surface area (Å²) in [6, 6.07) is 3.78. The monoisotopic (exact) mass is 378 g/mol. The molecular formula is C23H32ClFO. The molecule has 0 amide bonds. The van der Waals surface area contributed by atoms with Crippen LogP contribution < -0.4 is 4.74 Å². The van der Waals surface area contributed by atoms with Crippen molar-refractivity contribution in [2.24, 2.45) is 17.8 Å². The minimum Gasteiger partial charge on any atom is -0.492 e. The first-order chi connectivity index (χ1) is 12.6. The second-order valence-electron chi connectivity index (χ2n) is 8.23. The minimum atomic E-state index is -0.264. The van der Waals surface area contributed by atoms with E-state index in [-0.39, 0.29) is 10.8 Å². The third-order valence-corrected chi connectivity index (χ3v) is 6.99. The van der Waals surface area contributed by atoms with Crippen LogP contribution in [0.2, 0.25) is 5.02 Å². The van der Waals surface area contributed by atoms with Crippen LogP contribution in [0, 0.1) is 23.6 Å². The van der Waals surface area contributed by atoms with E-state index in [4.69, 9.17) is 16.3 Å². The number of hydrogen-bond donors (Lipinski definition) is 0. The van der Waals surface area contributed by atoms with E-state index in [9.17, 15) is 4.39 Å². The molecule has 2 saturated carbocycles. The molecule has 0 bridgehead atoms. The van der Waals surface area contributed by atoms with Crippen LogP contribution in [-0.4, -0.2) is 6.61 Å². The number of rotatable bonds is 6. The predicted molar refractivity (Wildman–Crippen MR) is 108 cm³/mol. The number of ether oxygens (including phenoxy) is 1. The lowest BCUT2D eigenvalue weighted by Gasteiger charge is -2.29. The Kier molecular flexibility index (Phi) is 7.03. The summed E-state index contributed by atoms with van der Waals surface area (Å²) in [6.45, 7) is 6.77. The lowest BCUT2D eigenvalue weighted by atomic mass is 9.77. The SMILES string of the molecule is C=CC1CCC(COc2ccc(C3CCC(CC)CC3)c(F)c2Cl)CC1. The van der Waals surface area contributed by atoms with Crippen molar-refractivity contribution in [3.8, 4) is 5.75 Å². The number of benzene rings is 1. The Morgan fingerprint density at radius 1 is 1.08 bits per heavy atom. The van der Waals surface area contributed by atoms with E-state index in [1.54, 1.807) is 0 Å². The first-order valence-electron chi connectivity index (χ1n) is 10.4. The predicted octanol–water partition coefficient (Wildman–Crippen LogP) is 7.53. The Bertz CT molecular complexity index is 598. The highest BCUT2D eigenvalue weighted by Gasteiger charge is 2.26. The van der Waals surface area contributed by atoms with E-state index < -0.39 is 0 Å². The van der Waals surface area contributed by atoms with Gasteiger partial charge in [0.05, 0.1) is 6.61 Å². The first-order valence-corrected chi connectivity index (χ1v) is 10.7. The fourth-order valence-corrected chi connectivity index (χ4v) is 4.88. The molecule has 1 aromatic carbocycles. The summed E-state index contributed by atoms with van der Waals surface area (Å²) < 4.78 is 20.8. The van der Waals surface area contributed by atoms with E-state index in [1.165, 1.54) is 32.1 Å². The van der Waals surface area contributed by atoms with Gasteiger partial charge in [-0.3, -0.25) is 0 Å². The Morgan fingerprint density at radius 3 is 2.35 bits per heavy atom. The minimum absolute atomic E-state index is 0.167. The topological polar surface area (TPSA) is 9.23 Å². The molecule has 26 heavy (non-hydrogen) atoms. The van der Waals surface area contributed by atoms with Crippen LogP contribution >= 0.6 is 11.6 Å². The smallest absolute Gasteiger partial charge is 0.149 e. The van der Waals surface area contributed by atoms with Crippen molar-refractivity contribution >= 4 is 11.6 Å². The van der Waals surface area contributed by atoms with Gasteiger partial charge in [-0.15, -0.1) is 6.58 Å².